The number of amides is 1. The monoisotopic (exact) mass is 420 g/mol. The number of aromatic nitrogens is 3. The molecule has 0 bridgehead atoms. The van der Waals surface area contributed by atoms with Crippen LogP contribution in [0, 0.1) is 6.92 Å². The molecule has 1 aromatic carbocycles. The van der Waals surface area contributed by atoms with Crippen molar-refractivity contribution in [3.05, 3.63) is 52.6 Å². The average Bonchev–Trinajstić information content (AvgIpc) is 3.40. The predicted octanol–water partition coefficient (Wildman–Crippen LogP) is 2.62. The van der Waals surface area contributed by atoms with Gasteiger partial charge in [-0.2, -0.15) is 0 Å². The van der Waals surface area contributed by atoms with E-state index in [1.807, 2.05) is 17.9 Å². The number of fused-ring (bicyclic) bond motifs is 1. The van der Waals surface area contributed by atoms with Gasteiger partial charge in [-0.15, -0.1) is 11.3 Å². The molecule has 0 saturated carbocycles. The SMILES string of the molecule is Cc1nc(-c2ccc3c(c2)CCN3CC(=O)N2CCN(c3ncccn3)CC2)cs1. The lowest BCUT2D eigenvalue weighted by Crippen LogP contribution is -2.51. The van der Waals surface area contributed by atoms with E-state index in [0.29, 0.717) is 19.6 Å². The summed E-state index contributed by atoms with van der Waals surface area (Å²) in [6, 6.07) is 8.31. The maximum absolute atomic E-state index is 12.9. The third kappa shape index (κ3) is 3.75. The minimum atomic E-state index is 0.190. The molecule has 3 aromatic rings. The highest BCUT2D eigenvalue weighted by atomic mass is 32.1. The Hall–Kier alpha value is -3.00. The first-order valence-electron chi connectivity index (χ1n) is 10.3. The molecule has 0 aliphatic carbocycles. The highest BCUT2D eigenvalue weighted by Gasteiger charge is 2.27. The molecule has 0 radical (unpaired) electrons. The molecule has 8 heteroatoms. The van der Waals surface area contributed by atoms with Crippen LogP contribution in [0.4, 0.5) is 11.6 Å². The van der Waals surface area contributed by atoms with Gasteiger partial charge < -0.3 is 14.7 Å². The lowest BCUT2D eigenvalue weighted by molar-refractivity contribution is -0.130. The Bertz CT molecular complexity index is 1040. The molecule has 0 spiro atoms. The van der Waals surface area contributed by atoms with Crippen LogP contribution in [0.3, 0.4) is 0 Å². The van der Waals surface area contributed by atoms with Crippen LogP contribution in [0.1, 0.15) is 10.6 Å². The van der Waals surface area contributed by atoms with E-state index in [0.717, 1.165) is 48.3 Å². The van der Waals surface area contributed by atoms with Gasteiger partial charge in [-0.25, -0.2) is 15.0 Å². The fraction of sp³-hybridized carbons (Fsp3) is 0.364. The number of carbonyl (C=O) groups is 1. The van der Waals surface area contributed by atoms with Gasteiger partial charge in [0.25, 0.3) is 0 Å². The molecule has 2 aliphatic heterocycles. The Morgan fingerprint density at radius 2 is 1.90 bits per heavy atom. The molecule has 30 heavy (non-hydrogen) atoms. The van der Waals surface area contributed by atoms with Gasteiger partial charge in [0.1, 0.15) is 0 Å². The summed E-state index contributed by atoms with van der Waals surface area (Å²) in [5, 5.41) is 3.18. The third-order valence-electron chi connectivity index (χ3n) is 5.78. The molecule has 0 N–H and O–H groups in total. The quantitative estimate of drug-likeness (QED) is 0.647. The number of hydrogen-bond donors (Lipinski definition) is 0. The van der Waals surface area contributed by atoms with Gasteiger partial charge in [0.05, 0.1) is 17.2 Å². The third-order valence-corrected chi connectivity index (χ3v) is 6.55. The van der Waals surface area contributed by atoms with Crippen LogP contribution in [-0.2, 0) is 11.2 Å². The lowest BCUT2D eigenvalue weighted by Gasteiger charge is -2.35. The largest absolute Gasteiger partial charge is 0.362 e. The summed E-state index contributed by atoms with van der Waals surface area (Å²) in [5.74, 6) is 0.930. The second-order valence-corrected chi connectivity index (χ2v) is 8.75. The Labute approximate surface area is 180 Å². The summed E-state index contributed by atoms with van der Waals surface area (Å²) in [6.45, 7) is 6.30. The highest BCUT2D eigenvalue weighted by molar-refractivity contribution is 7.09. The topological polar surface area (TPSA) is 65.5 Å². The smallest absolute Gasteiger partial charge is 0.242 e. The Kier molecular flexibility index (Phi) is 5.08. The molecule has 5 rings (SSSR count). The van der Waals surface area contributed by atoms with Crippen molar-refractivity contribution >= 4 is 28.9 Å². The number of anilines is 2. The predicted molar refractivity (Wildman–Crippen MR) is 119 cm³/mol. The number of rotatable bonds is 4. The van der Waals surface area contributed by atoms with E-state index in [2.05, 4.69) is 48.3 Å². The normalized spacial score (nSPS) is 16.1. The van der Waals surface area contributed by atoms with E-state index < -0.39 is 0 Å². The van der Waals surface area contributed by atoms with E-state index in [4.69, 9.17) is 0 Å². The number of aryl methyl sites for hydroxylation is 1. The van der Waals surface area contributed by atoms with Gasteiger partial charge in [-0.3, -0.25) is 4.79 Å². The molecule has 0 unspecified atom stereocenters. The summed E-state index contributed by atoms with van der Waals surface area (Å²) in [7, 11) is 0. The van der Waals surface area contributed by atoms with Crippen LogP contribution in [0.25, 0.3) is 11.3 Å². The fourth-order valence-corrected chi connectivity index (χ4v) is 4.79. The van der Waals surface area contributed by atoms with E-state index in [1.165, 1.54) is 11.3 Å². The minimum absolute atomic E-state index is 0.190. The van der Waals surface area contributed by atoms with Crippen molar-refractivity contribution in [3.8, 4) is 11.3 Å². The maximum Gasteiger partial charge on any atom is 0.242 e. The molecular formula is C22H24N6OS. The van der Waals surface area contributed by atoms with Gasteiger partial charge in [0, 0.05) is 61.7 Å². The first kappa shape index (κ1) is 19.0. The molecule has 4 heterocycles. The van der Waals surface area contributed by atoms with Crippen LogP contribution < -0.4 is 9.80 Å². The molecular weight excluding hydrogens is 396 g/mol. The number of nitrogens with zero attached hydrogens (tertiary/aromatic N) is 6. The number of benzene rings is 1. The summed E-state index contributed by atoms with van der Waals surface area (Å²) < 4.78 is 0. The number of carbonyl (C=O) groups excluding carboxylic acids is 1. The van der Waals surface area contributed by atoms with Gasteiger partial charge >= 0.3 is 0 Å². The van der Waals surface area contributed by atoms with Crippen molar-refractivity contribution in [2.45, 2.75) is 13.3 Å². The van der Waals surface area contributed by atoms with Crippen molar-refractivity contribution < 1.29 is 4.79 Å². The second kappa shape index (κ2) is 8.02. The molecule has 0 atom stereocenters. The maximum atomic E-state index is 12.9. The van der Waals surface area contributed by atoms with E-state index in [-0.39, 0.29) is 5.91 Å². The summed E-state index contributed by atoms with van der Waals surface area (Å²) >= 11 is 1.67. The van der Waals surface area contributed by atoms with Gasteiger partial charge in [-0.05, 0) is 37.1 Å². The van der Waals surface area contributed by atoms with Gasteiger partial charge in [0.15, 0.2) is 0 Å². The summed E-state index contributed by atoms with van der Waals surface area (Å²) in [6.07, 6.45) is 4.48. The Balaban J connectivity index is 1.21. The zero-order chi connectivity index (χ0) is 20.5. The Morgan fingerprint density at radius 3 is 2.63 bits per heavy atom. The van der Waals surface area contributed by atoms with Crippen molar-refractivity contribution in [3.63, 3.8) is 0 Å². The van der Waals surface area contributed by atoms with Crippen LogP contribution in [-0.4, -0.2) is 65.0 Å². The molecule has 1 fully saturated rings. The van der Waals surface area contributed by atoms with Crippen molar-refractivity contribution in [1.29, 1.82) is 0 Å². The lowest BCUT2D eigenvalue weighted by atomic mass is 10.1. The van der Waals surface area contributed by atoms with Gasteiger partial charge in [-0.1, -0.05) is 6.07 Å². The van der Waals surface area contributed by atoms with Crippen LogP contribution in [0.15, 0.2) is 42.0 Å². The molecule has 1 amide bonds. The highest BCUT2D eigenvalue weighted by Crippen LogP contribution is 2.32. The Morgan fingerprint density at radius 1 is 1.10 bits per heavy atom. The number of thiazole rings is 1. The standard InChI is InChI=1S/C22H24N6OS/c1-16-25-19(15-30-16)17-3-4-20-18(13-17)5-8-28(20)14-21(29)26-9-11-27(12-10-26)22-23-6-2-7-24-22/h2-4,6-7,13,15H,5,8-12,14H2,1H3. The van der Waals surface area contributed by atoms with Gasteiger partial charge in [0.2, 0.25) is 11.9 Å². The van der Waals surface area contributed by atoms with Crippen molar-refractivity contribution in [1.82, 2.24) is 19.9 Å². The summed E-state index contributed by atoms with van der Waals surface area (Å²) in [5.41, 5.74) is 4.67. The minimum Gasteiger partial charge on any atom is -0.362 e. The fourth-order valence-electron chi connectivity index (χ4n) is 4.16. The average molecular weight is 421 g/mol. The van der Waals surface area contributed by atoms with E-state index in [9.17, 15) is 4.79 Å². The molecule has 2 aromatic heterocycles. The van der Waals surface area contributed by atoms with Crippen LogP contribution in [0.2, 0.25) is 0 Å². The molecule has 154 valence electrons. The zero-order valence-corrected chi connectivity index (χ0v) is 17.8. The first-order chi connectivity index (χ1) is 14.7. The first-order valence-corrected chi connectivity index (χ1v) is 11.2. The molecule has 1 saturated heterocycles. The summed E-state index contributed by atoms with van der Waals surface area (Å²) in [4.78, 5) is 32.4. The molecule has 7 nitrogen and oxygen atoms in total. The van der Waals surface area contributed by atoms with Crippen molar-refractivity contribution in [2.75, 3.05) is 49.1 Å². The van der Waals surface area contributed by atoms with E-state index in [1.54, 1.807) is 23.7 Å². The van der Waals surface area contributed by atoms with Crippen molar-refractivity contribution in [2.24, 2.45) is 0 Å². The van der Waals surface area contributed by atoms with E-state index >= 15 is 0 Å². The van der Waals surface area contributed by atoms with Crippen LogP contribution >= 0.6 is 11.3 Å². The number of hydrogen-bond acceptors (Lipinski definition) is 7. The second-order valence-electron chi connectivity index (χ2n) is 7.68. The molecule has 2 aliphatic rings. The van der Waals surface area contributed by atoms with Crippen LogP contribution in [0.5, 0.6) is 0 Å². The zero-order valence-electron chi connectivity index (χ0n) is 17.0. The number of piperazine rings is 1.